The van der Waals surface area contributed by atoms with E-state index in [-0.39, 0.29) is 11.9 Å². The maximum atomic E-state index is 13.7. The van der Waals surface area contributed by atoms with E-state index in [1.807, 2.05) is 53.2 Å². The lowest BCUT2D eigenvalue weighted by Gasteiger charge is -2.28. The largest absolute Gasteiger partial charge is 0.348 e. The molecule has 1 saturated carbocycles. The van der Waals surface area contributed by atoms with E-state index in [0.717, 1.165) is 53.8 Å². The van der Waals surface area contributed by atoms with Crippen LogP contribution in [-0.2, 0) is 6.42 Å². The number of nitrogens with zero attached hydrogens (tertiary/aromatic N) is 2. The Morgan fingerprint density at radius 1 is 1.00 bits per heavy atom. The van der Waals surface area contributed by atoms with E-state index in [4.69, 9.17) is 28.3 Å². The fourth-order valence-electron chi connectivity index (χ4n) is 5.66. The van der Waals surface area contributed by atoms with Gasteiger partial charge in [-0.1, -0.05) is 66.7 Å². The number of aromatic nitrogens is 2. The summed E-state index contributed by atoms with van der Waals surface area (Å²) in [6, 6.07) is 15.7. The molecule has 1 atom stereocenters. The van der Waals surface area contributed by atoms with Crippen LogP contribution >= 0.6 is 23.2 Å². The summed E-state index contributed by atoms with van der Waals surface area (Å²) in [5.74, 6) is 0.454. The van der Waals surface area contributed by atoms with E-state index >= 15 is 0 Å². The van der Waals surface area contributed by atoms with Crippen LogP contribution in [0.15, 0.2) is 48.5 Å². The fraction of sp³-hybridized carbons (Fsp3) is 0.400. The second kappa shape index (κ2) is 11.2. The molecule has 0 radical (unpaired) electrons. The lowest BCUT2D eigenvalue weighted by molar-refractivity contribution is 0.0913. The van der Waals surface area contributed by atoms with Crippen molar-refractivity contribution in [3.05, 3.63) is 81.1 Å². The highest BCUT2D eigenvalue weighted by atomic mass is 35.5. The average molecular weight is 523 g/mol. The van der Waals surface area contributed by atoms with Crippen LogP contribution in [0.25, 0.3) is 17.3 Å². The van der Waals surface area contributed by atoms with Crippen molar-refractivity contribution in [3.8, 4) is 5.69 Å². The third kappa shape index (κ3) is 5.40. The van der Waals surface area contributed by atoms with Gasteiger partial charge in [0.25, 0.3) is 5.91 Å². The molecule has 1 heterocycles. The molecule has 0 saturated heterocycles. The zero-order valence-corrected chi connectivity index (χ0v) is 22.3. The molecule has 1 amide bonds. The number of hydrogen-bond acceptors (Lipinski definition) is 2. The van der Waals surface area contributed by atoms with Gasteiger partial charge in [0.15, 0.2) is 5.69 Å². The van der Waals surface area contributed by atoms with Gasteiger partial charge in [-0.05, 0) is 92.8 Å². The Hall–Kier alpha value is -2.56. The standard InChI is InChI=1S/C30H33Cl2N3O/c1-20(22-9-3-2-4-10-22)33-30(36)28-25-12-6-5-11-23(19-21-15-17-24(31)18-16-21)29(25)35(34-28)27-14-8-7-13-26(27)32/h7-8,13-20,22H,2-6,9-12H2,1H3,(H,33,36)/b23-19+/t20-/m0/s1. The van der Waals surface area contributed by atoms with Crippen LogP contribution in [0.2, 0.25) is 10.0 Å². The topological polar surface area (TPSA) is 46.9 Å². The number of allylic oxidation sites excluding steroid dienone is 1. The normalized spacial score (nSPS) is 18.5. The van der Waals surface area contributed by atoms with Crippen LogP contribution in [0, 0.1) is 5.92 Å². The van der Waals surface area contributed by atoms with Crippen LogP contribution in [0.3, 0.4) is 0 Å². The van der Waals surface area contributed by atoms with Gasteiger partial charge < -0.3 is 5.32 Å². The van der Waals surface area contributed by atoms with Gasteiger partial charge in [-0.25, -0.2) is 4.68 Å². The molecule has 0 unspecified atom stereocenters. The first-order valence-corrected chi connectivity index (χ1v) is 13.9. The highest BCUT2D eigenvalue weighted by Gasteiger charge is 2.30. The Bertz CT molecular complexity index is 1260. The highest BCUT2D eigenvalue weighted by Crippen LogP contribution is 2.36. The number of fused-ring (bicyclic) bond motifs is 1. The number of hydrogen-bond donors (Lipinski definition) is 1. The Morgan fingerprint density at radius 2 is 1.72 bits per heavy atom. The second-order valence-electron chi connectivity index (χ2n) is 10.1. The third-order valence-corrected chi connectivity index (χ3v) is 8.20. The van der Waals surface area contributed by atoms with Crippen LogP contribution in [0.4, 0.5) is 0 Å². The van der Waals surface area contributed by atoms with Crippen molar-refractivity contribution >= 4 is 40.8 Å². The van der Waals surface area contributed by atoms with Gasteiger partial charge in [-0.15, -0.1) is 0 Å². The monoisotopic (exact) mass is 521 g/mol. The van der Waals surface area contributed by atoms with E-state index in [2.05, 4.69) is 18.3 Å². The molecule has 0 spiro atoms. The molecule has 4 nitrogen and oxygen atoms in total. The Balaban J connectivity index is 1.59. The first-order valence-electron chi connectivity index (χ1n) is 13.2. The first-order chi connectivity index (χ1) is 17.5. The minimum atomic E-state index is -0.0807. The third-order valence-electron chi connectivity index (χ3n) is 7.63. The number of rotatable bonds is 5. The van der Waals surface area contributed by atoms with E-state index in [1.54, 1.807) is 0 Å². The van der Waals surface area contributed by atoms with Crippen molar-refractivity contribution in [3.63, 3.8) is 0 Å². The zero-order valence-electron chi connectivity index (χ0n) is 20.8. The molecule has 1 aromatic heterocycles. The Morgan fingerprint density at radius 3 is 2.47 bits per heavy atom. The summed E-state index contributed by atoms with van der Waals surface area (Å²) in [7, 11) is 0. The molecule has 0 aliphatic heterocycles. The molecule has 1 fully saturated rings. The number of carbonyl (C=O) groups excluding carboxylic acids is 1. The number of halogens is 2. The van der Waals surface area contributed by atoms with Gasteiger partial charge in [0.2, 0.25) is 0 Å². The first kappa shape index (κ1) is 25.1. The van der Waals surface area contributed by atoms with E-state index in [9.17, 15) is 4.79 Å². The van der Waals surface area contributed by atoms with Gasteiger partial charge in [0.1, 0.15) is 0 Å². The second-order valence-corrected chi connectivity index (χ2v) is 11.0. The van der Waals surface area contributed by atoms with Gasteiger partial charge in [0.05, 0.1) is 16.4 Å². The van der Waals surface area contributed by atoms with Crippen LogP contribution in [0.5, 0.6) is 0 Å². The number of para-hydroxylation sites is 1. The van der Waals surface area contributed by atoms with Crippen molar-refractivity contribution in [1.29, 1.82) is 0 Å². The Labute approximate surface area is 223 Å². The number of carbonyl (C=O) groups is 1. The summed E-state index contributed by atoms with van der Waals surface area (Å²) in [4.78, 5) is 13.7. The average Bonchev–Trinajstić information content (AvgIpc) is 3.15. The highest BCUT2D eigenvalue weighted by molar-refractivity contribution is 6.32. The molecule has 36 heavy (non-hydrogen) atoms. The molecule has 2 aliphatic carbocycles. The quantitative estimate of drug-likeness (QED) is 0.344. The molecule has 1 N–H and O–H groups in total. The summed E-state index contributed by atoms with van der Waals surface area (Å²) in [5.41, 5.74) is 5.56. The van der Waals surface area contributed by atoms with E-state index in [0.29, 0.717) is 21.7 Å². The number of nitrogens with one attached hydrogen (secondary N) is 1. The van der Waals surface area contributed by atoms with Gasteiger partial charge in [0, 0.05) is 16.6 Å². The summed E-state index contributed by atoms with van der Waals surface area (Å²) >= 11 is 12.8. The predicted molar refractivity (Wildman–Crippen MR) is 149 cm³/mol. The van der Waals surface area contributed by atoms with Crippen LogP contribution in [0.1, 0.15) is 85.6 Å². The lowest BCUT2D eigenvalue weighted by atomic mass is 9.84. The molecule has 2 aliphatic rings. The molecule has 3 aromatic rings. The summed E-state index contributed by atoms with van der Waals surface area (Å²) in [6.07, 6.45) is 12.2. The summed E-state index contributed by atoms with van der Waals surface area (Å²) < 4.78 is 1.89. The smallest absolute Gasteiger partial charge is 0.272 e. The molecule has 5 rings (SSSR count). The SMILES string of the molecule is C[C@H](NC(=O)c1nn(-c2ccccc2Cl)c2c1CCCC/C2=C\c1ccc(Cl)cc1)C1CCCCC1. The van der Waals surface area contributed by atoms with Gasteiger partial charge >= 0.3 is 0 Å². The molecular formula is C30H33Cl2N3O. The van der Waals surface area contributed by atoms with Crippen molar-refractivity contribution < 1.29 is 4.79 Å². The van der Waals surface area contributed by atoms with Crippen LogP contribution < -0.4 is 5.32 Å². The van der Waals surface area contributed by atoms with E-state index < -0.39 is 0 Å². The molecule has 2 aromatic carbocycles. The maximum Gasteiger partial charge on any atom is 0.272 e. The van der Waals surface area contributed by atoms with Gasteiger partial charge in [-0.2, -0.15) is 5.10 Å². The van der Waals surface area contributed by atoms with Crippen molar-refractivity contribution in [2.45, 2.75) is 70.8 Å². The van der Waals surface area contributed by atoms with Crippen molar-refractivity contribution in [1.82, 2.24) is 15.1 Å². The van der Waals surface area contributed by atoms with Gasteiger partial charge in [-0.3, -0.25) is 4.79 Å². The minimum Gasteiger partial charge on any atom is -0.348 e. The fourth-order valence-corrected chi connectivity index (χ4v) is 6.00. The lowest BCUT2D eigenvalue weighted by Crippen LogP contribution is -2.39. The Kier molecular flexibility index (Phi) is 7.83. The number of amides is 1. The molecule has 6 heteroatoms. The van der Waals surface area contributed by atoms with E-state index in [1.165, 1.54) is 32.1 Å². The maximum absolute atomic E-state index is 13.7. The van der Waals surface area contributed by atoms with Crippen molar-refractivity contribution in [2.75, 3.05) is 0 Å². The van der Waals surface area contributed by atoms with Crippen molar-refractivity contribution in [2.24, 2.45) is 5.92 Å². The molecule has 188 valence electrons. The summed E-state index contributed by atoms with van der Waals surface area (Å²) in [5, 5.41) is 9.56. The van der Waals surface area contributed by atoms with Crippen LogP contribution in [-0.4, -0.2) is 21.7 Å². The number of benzene rings is 2. The zero-order chi connectivity index (χ0) is 25.1. The molecule has 0 bridgehead atoms. The molecular weight excluding hydrogens is 489 g/mol. The summed E-state index contributed by atoms with van der Waals surface area (Å²) in [6.45, 7) is 2.14. The predicted octanol–water partition coefficient (Wildman–Crippen LogP) is 8.14. The minimum absolute atomic E-state index is 0.0807.